The van der Waals surface area contributed by atoms with E-state index in [-0.39, 0.29) is 23.1 Å². The molecule has 102 valence electrons. The van der Waals surface area contributed by atoms with E-state index in [0.717, 1.165) is 19.3 Å². The Kier molecular flexibility index (Phi) is 3.79. The molecule has 0 radical (unpaired) electrons. The van der Waals surface area contributed by atoms with Crippen molar-refractivity contribution < 1.29 is 9.59 Å². The van der Waals surface area contributed by atoms with Crippen molar-refractivity contribution in [1.82, 2.24) is 5.32 Å². The summed E-state index contributed by atoms with van der Waals surface area (Å²) in [7, 11) is 0. The molecular formula is C15H25NO2. The second-order valence-electron chi connectivity index (χ2n) is 6.50. The summed E-state index contributed by atoms with van der Waals surface area (Å²) in [5.41, 5.74) is -0.0293. The molecule has 3 atom stereocenters. The molecule has 3 unspecified atom stereocenters. The zero-order valence-corrected chi connectivity index (χ0v) is 11.8. The first kappa shape index (κ1) is 13.6. The zero-order valence-electron chi connectivity index (χ0n) is 11.8. The number of carbonyl (C=O) groups excluding carboxylic acids is 2. The second kappa shape index (κ2) is 5.02. The molecule has 2 rings (SSSR count). The van der Waals surface area contributed by atoms with Gasteiger partial charge in [-0.2, -0.15) is 0 Å². The van der Waals surface area contributed by atoms with E-state index in [1.807, 2.05) is 0 Å². The fourth-order valence-corrected chi connectivity index (χ4v) is 4.24. The average molecular weight is 251 g/mol. The smallest absolute Gasteiger partial charge is 0.230 e. The molecule has 1 heterocycles. The van der Waals surface area contributed by atoms with Crippen LogP contribution in [0, 0.1) is 23.2 Å². The van der Waals surface area contributed by atoms with Gasteiger partial charge in [-0.25, -0.2) is 0 Å². The highest BCUT2D eigenvalue weighted by Gasteiger charge is 2.54. The molecule has 3 heteroatoms. The van der Waals surface area contributed by atoms with Crippen molar-refractivity contribution in [3.8, 4) is 0 Å². The highest BCUT2D eigenvalue weighted by Crippen LogP contribution is 2.55. The van der Waals surface area contributed by atoms with Crippen LogP contribution >= 0.6 is 0 Å². The number of nitrogens with one attached hydrogen (secondary N) is 1. The van der Waals surface area contributed by atoms with Crippen molar-refractivity contribution in [2.45, 2.75) is 59.3 Å². The predicted octanol–water partition coefficient (Wildman–Crippen LogP) is 2.89. The lowest BCUT2D eigenvalue weighted by Gasteiger charge is -2.44. The zero-order chi connectivity index (χ0) is 13.3. The average Bonchev–Trinajstić information content (AvgIpc) is 2.66. The van der Waals surface area contributed by atoms with Crippen LogP contribution in [0.4, 0.5) is 0 Å². The molecule has 0 aromatic carbocycles. The highest BCUT2D eigenvalue weighted by atomic mass is 16.2. The molecule has 18 heavy (non-hydrogen) atoms. The van der Waals surface area contributed by atoms with Crippen molar-refractivity contribution in [1.29, 1.82) is 0 Å². The van der Waals surface area contributed by atoms with Crippen LogP contribution in [0.1, 0.15) is 59.3 Å². The Balaban J connectivity index is 2.31. The molecule has 2 aliphatic rings. The number of hydrogen-bond acceptors (Lipinski definition) is 2. The lowest BCUT2D eigenvalue weighted by atomic mass is 9.61. The van der Waals surface area contributed by atoms with Crippen LogP contribution in [0.2, 0.25) is 0 Å². The van der Waals surface area contributed by atoms with Crippen LogP contribution in [0.3, 0.4) is 0 Å². The second-order valence-corrected chi connectivity index (χ2v) is 6.50. The van der Waals surface area contributed by atoms with Crippen LogP contribution in [0.25, 0.3) is 0 Å². The molecule has 0 aromatic rings. The topological polar surface area (TPSA) is 46.2 Å². The van der Waals surface area contributed by atoms with Gasteiger partial charge in [0.1, 0.15) is 0 Å². The van der Waals surface area contributed by atoms with Gasteiger partial charge < -0.3 is 0 Å². The lowest BCUT2D eigenvalue weighted by molar-refractivity contribution is -0.146. The van der Waals surface area contributed by atoms with E-state index in [2.05, 4.69) is 26.1 Å². The van der Waals surface area contributed by atoms with Gasteiger partial charge >= 0.3 is 0 Å². The minimum atomic E-state index is -0.0552. The van der Waals surface area contributed by atoms with Crippen LogP contribution in [0.15, 0.2) is 0 Å². The quantitative estimate of drug-likeness (QED) is 0.784. The van der Waals surface area contributed by atoms with Gasteiger partial charge in [0, 0.05) is 12.3 Å². The standard InChI is InChI=1S/C15H25NO2/c1-4-11-6-5-7-15(11)9-13(17)16-14(18)12(15)8-10(2)3/h10-12H,4-9H2,1-3H3,(H,16,17,18). The number of imide groups is 1. The minimum absolute atomic E-state index is 0.0136. The fraction of sp³-hybridized carbons (Fsp3) is 0.867. The van der Waals surface area contributed by atoms with Gasteiger partial charge in [-0.1, -0.05) is 33.6 Å². The van der Waals surface area contributed by atoms with E-state index >= 15 is 0 Å². The molecule has 1 spiro atoms. The van der Waals surface area contributed by atoms with Gasteiger partial charge in [-0.15, -0.1) is 0 Å². The Labute approximate surface area is 110 Å². The highest BCUT2D eigenvalue weighted by molar-refractivity contribution is 5.99. The molecule has 1 saturated carbocycles. The third kappa shape index (κ3) is 2.19. The monoisotopic (exact) mass is 251 g/mol. The maximum Gasteiger partial charge on any atom is 0.230 e. The van der Waals surface area contributed by atoms with Gasteiger partial charge in [0.25, 0.3) is 0 Å². The Morgan fingerprint density at radius 2 is 2.11 bits per heavy atom. The van der Waals surface area contributed by atoms with Gasteiger partial charge in [0.05, 0.1) is 0 Å². The first-order valence-corrected chi connectivity index (χ1v) is 7.33. The first-order chi connectivity index (χ1) is 8.49. The molecule has 1 aliphatic heterocycles. The number of carbonyl (C=O) groups is 2. The molecule has 3 nitrogen and oxygen atoms in total. The van der Waals surface area contributed by atoms with Gasteiger partial charge in [0.15, 0.2) is 0 Å². The third-order valence-corrected chi connectivity index (χ3v) is 4.97. The van der Waals surface area contributed by atoms with E-state index in [9.17, 15) is 9.59 Å². The fourth-order valence-electron chi connectivity index (χ4n) is 4.24. The van der Waals surface area contributed by atoms with Gasteiger partial charge in [-0.05, 0) is 36.5 Å². The molecule has 2 fully saturated rings. The summed E-state index contributed by atoms with van der Waals surface area (Å²) < 4.78 is 0. The van der Waals surface area contributed by atoms with Gasteiger partial charge in [-0.3, -0.25) is 14.9 Å². The Hall–Kier alpha value is -0.860. The summed E-state index contributed by atoms with van der Waals surface area (Å²) in [5.74, 6) is 1.03. The molecular weight excluding hydrogens is 226 g/mol. The maximum atomic E-state index is 12.2. The van der Waals surface area contributed by atoms with Crippen LogP contribution in [-0.4, -0.2) is 11.8 Å². The Bertz CT molecular complexity index is 350. The van der Waals surface area contributed by atoms with Crippen LogP contribution in [0.5, 0.6) is 0 Å². The summed E-state index contributed by atoms with van der Waals surface area (Å²) in [5, 5.41) is 2.55. The van der Waals surface area contributed by atoms with E-state index in [4.69, 9.17) is 0 Å². The molecule has 0 bridgehead atoms. The SMILES string of the molecule is CCC1CCCC12CC(=O)NC(=O)C2CC(C)C. The maximum absolute atomic E-state index is 12.2. The molecule has 1 N–H and O–H groups in total. The minimum Gasteiger partial charge on any atom is -0.296 e. The number of amides is 2. The predicted molar refractivity (Wildman–Crippen MR) is 70.8 cm³/mol. The van der Waals surface area contributed by atoms with Crippen molar-refractivity contribution in [3.63, 3.8) is 0 Å². The summed E-state index contributed by atoms with van der Waals surface area (Å²) in [4.78, 5) is 24.0. The van der Waals surface area contributed by atoms with Crippen molar-refractivity contribution in [3.05, 3.63) is 0 Å². The number of rotatable bonds is 3. The number of hydrogen-bond donors (Lipinski definition) is 1. The van der Waals surface area contributed by atoms with E-state index in [0.29, 0.717) is 18.3 Å². The van der Waals surface area contributed by atoms with E-state index in [1.165, 1.54) is 12.8 Å². The van der Waals surface area contributed by atoms with Crippen LogP contribution < -0.4 is 5.32 Å². The van der Waals surface area contributed by atoms with E-state index < -0.39 is 0 Å². The largest absolute Gasteiger partial charge is 0.296 e. The molecule has 1 saturated heterocycles. The first-order valence-electron chi connectivity index (χ1n) is 7.33. The van der Waals surface area contributed by atoms with Crippen molar-refractivity contribution >= 4 is 11.8 Å². The van der Waals surface area contributed by atoms with Gasteiger partial charge in [0.2, 0.25) is 11.8 Å². The Morgan fingerprint density at radius 3 is 2.72 bits per heavy atom. The van der Waals surface area contributed by atoms with E-state index in [1.54, 1.807) is 0 Å². The molecule has 0 aromatic heterocycles. The summed E-state index contributed by atoms with van der Waals surface area (Å²) in [6.07, 6.45) is 5.99. The lowest BCUT2D eigenvalue weighted by Crippen LogP contribution is -2.53. The Morgan fingerprint density at radius 1 is 1.39 bits per heavy atom. The summed E-state index contributed by atoms with van der Waals surface area (Å²) in [6.45, 7) is 6.52. The van der Waals surface area contributed by atoms with Crippen LogP contribution in [-0.2, 0) is 9.59 Å². The summed E-state index contributed by atoms with van der Waals surface area (Å²) in [6, 6.07) is 0. The molecule has 1 aliphatic carbocycles. The normalized spacial score (nSPS) is 36.4. The summed E-state index contributed by atoms with van der Waals surface area (Å²) >= 11 is 0. The van der Waals surface area contributed by atoms with Crippen molar-refractivity contribution in [2.75, 3.05) is 0 Å². The van der Waals surface area contributed by atoms with Crippen molar-refractivity contribution in [2.24, 2.45) is 23.2 Å². The third-order valence-electron chi connectivity index (χ3n) is 4.97. The number of piperidine rings is 1. The molecule has 2 amide bonds.